The number of fused-ring (bicyclic) bond motifs is 1. The molecule has 1 atom stereocenters. The van der Waals surface area contributed by atoms with Gasteiger partial charge in [0.2, 0.25) is 5.91 Å². The van der Waals surface area contributed by atoms with E-state index in [-0.39, 0.29) is 24.1 Å². The molecule has 1 heterocycles. The van der Waals surface area contributed by atoms with E-state index < -0.39 is 0 Å². The summed E-state index contributed by atoms with van der Waals surface area (Å²) in [4.78, 5) is 24.9. The highest BCUT2D eigenvalue weighted by Gasteiger charge is 2.16. The smallest absolute Gasteiger partial charge is 0.275 e. The van der Waals surface area contributed by atoms with E-state index in [1.807, 2.05) is 25.1 Å². The van der Waals surface area contributed by atoms with Crippen LogP contribution in [0.1, 0.15) is 18.5 Å². The molecular formula is C20H21N3O4. The number of hydrogen-bond donors (Lipinski definition) is 1. The van der Waals surface area contributed by atoms with Crippen LogP contribution < -0.4 is 20.3 Å². The molecule has 0 aliphatic heterocycles. The Balaban J connectivity index is 1.78. The number of methoxy groups -OCH3 is 2. The molecule has 0 aliphatic carbocycles. The van der Waals surface area contributed by atoms with E-state index in [1.54, 1.807) is 44.7 Å². The molecule has 7 heteroatoms. The van der Waals surface area contributed by atoms with Crippen LogP contribution in [0.3, 0.4) is 0 Å². The number of carbonyl (C=O) groups excluding carboxylic acids is 1. The van der Waals surface area contributed by atoms with Gasteiger partial charge in [0.1, 0.15) is 18.0 Å². The van der Waals surface area contributed by atoms with E-state index in [0.29, 0.717) is 16.9 Å². The summed E-state index contributed by atoms with van der Waals surface area (Å²) in [6.07, 6.45) is 1.58. The number of nitrogens with one attached hydrogen (secondary N) is 1. The van der Waals surface area contributed by atoms with Crippen molar-refractivity contribution in [1.29, 1.82) is 0 Å². The molecule has 1 unspecified atom stereocenters. The first-order valence-corrected chi connectivity index (χ1v) is 8.49. The molecule has 3 aromatic rings. The molecule has 1 amide bonds. The summed E-state index contributed by atoms with van der Waals surface area (Å²) in [7, 11) is 3.14. The monoisotopic (exact) mass is 367 g/mol. The average molecular weight is 367 g/mol. The van der Waals surface area contributed by atoms with Crippen molar-refractivity contribution in [1.82, 2.24) is 15.1 Å². The second kappa shape index (κ2) is 7.90. The normalized spacial score (nSPS) is 11.8. The first-order chi connectivity index (χ1) is 13.0. The van der Waals surface area contributed by atoms with Crippen molar-refractivity contribution in [3.63, 3.8) is 0 Å². The van der Waals surface area contributed by atoms with Crippen LogP contribution in [0.4, 0.5) is 0 Å². The van der Waals surface area contributed by atoms with E-state index in [0.717, 1.165) is 15.6 Å². The summed E-state index contributed by atoms with van der Waals surface area (Å²) < 4.78 is 11.8. The fourth-order valence-corrected chi connectivity index (χ4v) is 2.92. The van der Waals surface area contributed by atoms with Crippen molar-refractivity contribution >= 4 is 16.7 Å². The van der Waals surface area contributed by atoms with Gasteiger partial charge in [-0.2, -0.15) is 5.10 Å². The highest BCUT2D eigenvalue weighted by Crippen LogP contribution is 2.29. The lowest BCUT2D eigenvalue weighted by atomic mass is 10.1. The van der Waals surface area contributed by atoms with Crippen LogP contribution >= 0.6 is 0 Å². The Morgan fingerprint density at radius 3 is 2.70 bits per heavy atom. The average Bonchev–Trinajstić information content (AvgIpc) is 2.69. The van der Waals surface area contributed by atoms with Gasteiger partial charge in [-0.05, 0) is 31.2 Å². The highest BCUT2D eigenvalue weighted by molar-refractivity contribution is 5.81. The number of benzene rings is 2. The van der Waals surface area contributed by atoms with E-state index in [4.69, 9.17) is 9.47 Å². The molecule has 0 fully saturated rings. The maximum absolute atomic E-state index is 12.5. The molecule has 0 spiro atoms. The van der Waals surface area contributed by atoms with Crippen LogP contribution in [0.15, 0.2) is 53.5 Å². The van der Waals surface area contributed by atoms with Gasteiger partial charge < -0.3 is 14.8 Å². The number of ether oxygens (including phenoxy) is 2. The summed E-state index contributed by atoms with van der Waals surface area (Å²) in [5.41, 5.74) is 0.485. The minimum absolute atomic E-state index is 0.166. The van der Waals surface area contributed by atoms with Gasteiger partial charge in [-0.3, -0.25) is 9.59 Å². The molecule has 0 radical (unpaired) electrons. The topological polar surface area (TPSA) is 82.4 Å². The van der Waals surface area contributed by atoms with Gasteiger partial charge in [-0.25, -0.2) is 4.68 Å². The summed E-state index contributed by atoms with van der Waals surface area (Å²) in [5.74, 6) is 0.987. The number of amides is 1. The lowest BCUT2D eigenvalue weighted by Gasteiger charge is -2.18. The van der Waals surface area contributed by atoms with Gasteiger partial charge in [0.05, 0.1) is 31.8 Å². The molecule has 27 heavy (non-hydrogen) atoms. The molecule has 0 saturated heterocycles. The van der Waals surface area contributed by atoms with Crippen LogP contribution in [0.5, 0.6) is 11.5 Å². The zero-order valence-corrected chi connectivity index (χ0v) is 15.4. The minimum Gasteiger partial charge on any atom is -0.497 e. The van der Waals surface area contributed by atoms with Crippen molar-refractivity contribution in [2.45, 2.75) is 19.5 Å². The number of hydrogen-bond acceptors (Lipinski definition) is 5. The Morgan fingerprint density at radius 1 is 1.19 bits per heavy atom. The Labute approximate surface area is 156 Å². The maximum atomic E-state index is 12.5. The summed E-state index contributed by atoms with van der Waals surface area (Å²) in [6, 6.07) is 12.2. The maximum Gasteiger partial charge on any atom is 0.275 e. The third-order valence-electron chi connectivity index (χ3n) is 4.34. The summed E-state index contributed by atoms with van der Waals surface area (Å²) in [5, 5.41) is 8.23. The fourth-order valence-electron chi connectivity index (χ4n) is 2.92. The van der Waals surface area contributed by atoms with Gasteiger partial charge in [0.25, 0.3) is 5.56 Å². The first kappa shape index (κ1) is 18.4. The minimum atomic E-state index is -0.335. The van der Waals surface area contributed by atoms with Gasteiger partial charge in [-0.15, -0.1) is 0 Å². The van der Waals surface area contributed by atoms with Gasteiger partial charge in [0, 0.05) is 10.9 Å². The van der Waals surface area contributed by atoms with E-state index in [9.17, 15) is 9.59 Å². The highest BCUT2D eigenvalue weighted by atomic mass is 16.5. The molecule has 0 bridgehead atoms. The van der Waals surface area contributed by atoms with Crippen molar-refractivity contribution < 1.29 is 14.3 Å². The van der Waals surface area contributed by atoms with E-state index in [2.05, 4.69) is 10.4 Å². The number of aromatic nitrogens is 2. The molecule has 140 valence electrons. The van der Waals surface area contributed by atoms with Crippen LogP contribution in [0.25, 0.3) is 10.8 Å². The van der Waals surface area contributed by atoms with Gasteiger partial charge >= 0.3 is 0 Å². The molecule has 7 nitrogen and oxygen atoms in total. The van der Waals surface area contributed by atoms with Crippen molar-refractivity contribution in [2.24, 2.45) is 0 Å². The lowest BCUT2D eigenvalue weighted by molar-refractivity contribution is -0.122. The second-order valence-electron chi connectivity index (χ2n) is 6.09. The van der Waals surface area contributed by atoms with Gasteiger partial charge in [0.15, 0.2) is 0 Å². The zero-order valence-electron chi connectivity index (χ0n) is 15.4. The van der Waals surface area contributed by atoms with Crippen LogP contribution in [0.2, 0.25) is 0 Å². The summed E-state index contributed by atoms with van der Waals surface area (Å²) >= 11 is 0. The number of rotatable bonds is 6. The quantitative estimate of drug-likeness (QED) is 0.723. The predicted octanol–water partition coefficient (Wildman–Crippen LogP) is 2.29. The number of nitrogens with zero attached hydrogens (tertiary/aromatic N) is 2. The molecular weight excluding hydrogens is 346 g/mol. The predicted molar refractivity (Wildman–Crippen MR) is 102 cm³/mol. The molecule has 0 aliphatic rings. The SMILES string of the molecule is COc1ccc(OC)c(C(C)NC(=O)Cn2ncc3ccccc3c2=O)c1. The molecule has 0 saturated carbocycles. The van der Waals surface area contributed by atoms with E-state index >= 15 is 0 Å². The summed E-state index contributed by atoms with van der Waals surface area (Å²) in [6.45, 7) is 1.67. The Morgan fingerprint density at radius 2 is 1.96 bits per heavy atom. The van der Waals surface area contributed by atoms with Crippen molar-refractivity contribution in [2.75, 3.05) is 14.2 Å². The van der Waals surface area contributed by atoms with Gasteiger partial charge in [-0.1, -0.05) is 18.2 Å². The second-order valence-corrected chi connectivity index (χ2v) is 6.09. The third-order valence-corrected chi connectivity index (χ3v) is 4.34. The first-order valence-electron chi connectivity index (χ1n) is 8.49. The van der Waals surface area contributed by atoms with Crippen LogP contribution in [-0.2, 0) is 11.3 Å². The molecule has 2 aromatic carbocycles. The fraction of sp³-hybridized carbons (Fsp3) is 0.250. The van der Waals surface area contributed by atoms with Crippen LogP contribution in [0, 0.1) is 0 Å². The van der Waals surface area contributed by atoms with E-state index in [1.165, 1.54) is 0 Å². The largest absolute Gasteiger partial charge is 0.497 e. The Hall–Kier alpha value is -3.35. The van der Waals surface area contributed by atoms with Crippen molar-refractivity contribution in [3.05, 3.63) is 64.6 Å². The lowest BCUT2D eigenvalue weighted by Crippen LogP contribution is -2.35. The standard InChI is InChI=1S/C20H21N3O4/c1-13(17-10-15(26-2)8-9-18(17)27-3)22-19(24)12-23-20(25)16-7-5-4-6-14(16)11-21-23/h4-11,13H,12H2,1-3H3,(H,22,24). The molecule has 3 rings (SSSR count). The number of carbonyl (C=O) groups is 1. The van der Waals surface area contributed by atoms with Crippen molar-refractivity contribution in [3.8, 4) is 11.5 Å². The molecule has 1 aromatic heterocycles. The van der Waals surface area contributed by atoms with Crippen LogP contribution in [-0.4, -0.2) is 29.9 Å². The Kier molecular flexibility index (Phi) is 5.40. The zero-order chi connectivity index (χ0) is 19.4. The Bertz CT molecular complexity index is 1030. The third kappa shape index (κ3) is 3.92. The molecule has 1 N–H and O–H groups in total.